The zero-order valence-corrected chi connectivity index (χ0v) is 10.9. The Kier molecular flexibility index (Phi) is 3.70. The van der Waals surface area contributed by atoms with Gasteiger partial charge in [0.1, 0.15) is 5.82 Å². The number of hydrogen-bond donors (Lipinski definition) is 2. The van der Waals surface area contributed by atoms with Crippen LogP contribution in [-0.2, 0) is 4.79 Å². The number of carboxylic acids is 1. The number of aliphatic carboxylic acids is 1. The number of pyridine rings is 1. The van der Waals surface area contributed by atoms with Gasteiger partial charge in [-0.15, -0.1) is 0 Å². The predicted octanol–water partition coefficient (Wildman–Crippen LogP) is 2.32. The molecule has 2 rings (SSSR count). The Bertz CT molecular complexity index is 530. The van der Waals surface area contributed by atoms with Gasteiger partial charge in [-0.3, -0.25) is 4.79 Å². The summed E-state index contributed by atoms with van der Waals surface area (Å²) in [5, 5.41) is 21.0. The number of carbonyl (C=O) groups is 1. The van der Waals surface area contributed by atoms with Crippen molar-refractivity contribution in [2.24, 2.45) is 5.41 Å². The highest BCUT2D eigenvalue weighted by molar-refractivity contribution is 5.68. The SMILES string of the molecule is Cc1cc(C#N)cc(NCC2(CC(=O)O)CCC2)n1. The molecule has 0 aliphatic heterocycles. The van der Waals surface area contributed by atoms with Crippen LogP contribution in [0.3, 0.4) is 0 Å². The fraction of sp³-hybridized carbons (Fsp3) is 0.500. The second kappa shape index (κ2) is 5.27. The van der Waals surface area contributed by atoms with Crippen molar-refractivity contribution in [3.63, 3.8) is 0 Å². The lowest BCUT2D eigenvalue weighted by atomic mass is 9.66. The monoisotopic (exact) mass is 259 g/mol. The summed E-state index contributed by atoms with van der Waals surface area (Å²) in [7, 11) is 0. The fourth-order valence-electron chi connectivity index (χ4n) is 2.52. The number of hydrogen-bond acceptors (Lipinski definition) is 4. The van der Waals surface area contributed by atoms with Crippen LogP contribution >= 0.6 is 0 Å². The molecule has 1 aliphatic carbocycles. The van der Waals surface area contributed by atoms with E-state index >= 15 is 0 Å². The fourth-order valence-corrected chi connectivity index (χ4v) is 2.52. The molecule has 5 heteroatoms. The molecule has 1 fully saturated rings. The third-order valence-electron chi connectivity index (χ3n) is 3.67. The largest absolute Gasteiger partial charge is 0.481 e. The van der Waals surface area contributed by atoms with Gasteiger partial charge in [0.2, 0.25) is 0 Å². The van der Waals surface area contributed by atoms with Crippen molar-refractivity contribution in [1.29, 1.82) is 5.26 Å². The minimum Gasteiger partial charge on any atom is -0.481 e. The summed E-state index contributed by atoms with van der Waals surface area (Å²) in [6, 6.07) is 5.51. The Labute approximate surface area is 112 Å². The van der Waals surface area contributed by atoms with Crippen LogP contribution in [-0.4, -0.2) is 22.6 Å². The topological polar surface area (TPSA) is 86.0 Å². The van der Waals surface area contributed by atoms with Crippen LogP contribution in [0.1, 0.15) is 36.9 Å². The number of rotatable bonds is 5. The second-order valence-electron chi connectivity index (χ2n) is 5.27. The van der Waals surface area contributed by atoms with E-state index in [1.54, 1.807) is 12.1 Å². The van der Waals surface area contributed by atoms with E-state index in [1.807, 2.05) is 6.92 Å². The third-order valence-corrected chi connectivity index (χ3v) is 3.67. The molecule has 19 heavy (non-hydrogen) atoms. The number of carboxylic acid groups (broad SMARTS) is 1. The summed E-state index contributed by atoms with van der Waals surface area (Å²) in [6.07, 6.45) is 3.14. The van der Waals surface area contributed by atoms with E-state index in [-0.39, 0.29) is 11.8 Å². The van der Waals surface area contributed by atoms with Gasteiger partial charge >= 0.3 is 5.97 Å². The molecule has 0 atom stereocenters. The summed E-state index contributed by atoms with van der Waals surface area (Å²) in [4.78, 5) is 15.2. The zero-order chi connectivity index (χ0) is 13.9. The Morgan fingerprint density at radius 3 is 2.84 bits per heavy atom. The van der Waals surface area contributed by atoms with Crippen molar-refractivity contribution in [2.45, 2.75) is 32.6 Å². The molecule has 0 spiro atoms. The van der Waals surface area contributed by atoms with Crippen LogP contribution in [0.5, 0.6) is 0 Å². The summed E-state index contributed by atoms with van der Waals surface area (Å²) >= 11 is 0. The van der Waals surface area contributed by atoms with Crippen LogP contribution in [0, 0.1) is 23.7 Å². The molecular formula is C14H17N3O2. The standard InChI is InChI=1S/C14H17N3O2/c1-10-5-11(8-15)6-12(17-10)16-9-14(3-2-4-14)7-13(18)19/h5-6H,2-4,7,9H2,1H3,(H,16,17)(H,18,19). The highest BCUT2D eigenvalue weighted by Crippen LogP contribution is 2.43. The molecule has 0 aromatic carbocycles. The summed E-state index contributed by atoms with van der Waals surface area (Å²) < 4.78 is 0. The van der Waals surface area contributed by atoms with E-state index in [1.165, 1.54) is 0 Å². The first kappa shape index (κ1) is 13.3. The van der Waals surface area contributed by atoms with Crippen LogP contribution in [0.2, 0.25) is 0 Å². The molecule has 0 amide bonds. The Morgan fingerprint density at radius 1 is 1.58 bits per heavy atom. The van der Waals surface area contributed by atoms with Crippen molar-refractivity contribution < 1.29 is 9.90 Å². The molecule has 0 bridgehead atoms. The molecular weight excluding hydrogens is 242 g/mol. The average molecular weight is 259 g/mol. The van der Waals surface area contributed by atoms with Crippen LogP contribution in [0.25, 0.3) is 0 Å². The molecule has 1 saturated carbocycles. The molecule has 0 radical (unpaired) electrons. The Balaban J connectivity index is 2.04. The minimum absolute atomic E-state index is 0.149. The molecule has 100 valence electrons. The average Bonchev–Trinajstić information content (AvgIpc) is 2.31. The van der Waals surface area contributed by atoms with Crippen LogP contribution < -0.4 is 5.32 Å². The lowest BCUT2D eigenvalue weighted by Crippen LogP contribution is -2.38. The molecule has 1 aliphatic rings. The number of nitrogens with zero attached hydrogens (tertiary/aromatic N) is 2. The van der Waals surface area contributed by atoms with Gasteiger partial charge in [0, 0.05) is 12.2 Å². The molecule has 0 saturated heterocycles. The van der Waals surface area contributed by atoms with Gasteiger partial charge in [0.15, 0.2) is 0 Å². The summed E-state index contributed by atoms with van der Waals surface area (Å²) in [5.41, 5.74) is 1.20. The first-order valence-electron chi connectivity index (χ1n) is 6.37. The zero-order valence-electron chi connectivity index (χ0n) is 10.9. The molecule has 2 N–H and O–H groups in total. The third kappa shape index (κ3) is 3.22. The highest BCUT2D eigenvalue weighted by atomic mass is 16.4. The molecule has 1 heterocycles. The first-order chi connectivity index (χ1) is 9.03. The first-order valence-corrected chi connectivity index (χ1v) is 6.37. The predicted molar refractivity (Wildman–Crippen MR) is 70.7 cm³/mol. The quantitative estimate of drug-likeness (QED) is 0.847. The Hall–Kier alpha value is -2.09. The maximum absolute atomic E-state index is 10.9. The van der Waals surface area contributed by atoms with Crippen molar-refractivity contribution >= 4 is 11.8 Å². The second-order valence-corrected chi connectivity index (χ2v) is 5.27. The van der Waals surface area contributed by atoms with Gasteiger partial charge in [-0.2, -0.15) is 5.26 Å². The van der Waals surface area contributed by atoms with Crippen molar-refractivity contribution in [3.8, 4) is 6.07 Å². The number of nitriles is 1. The van der Waals surface area contributed by atoms with Crippen LogP contribution in [0.15, 0.2) is 12.1 Å². The number of anilines is 1. The summed E-state index contributed by atoms with van der Waals surface area (Å²) in [6.45, 7) is 2.43. The van der Waals surface area contributed by atoms with E-state index in [4.69, 9.17) is 10.4 Å². The van der Waals surface area contributed by atoms with Crippen LogP contribution in [0.4, 0.5) is 5.82 Å². The maximum atomic E-state index is 10.9. The Morgan fingerprint density at radius 2 is 2.32 bits per heavy atom. The molecule has 1 aromatic heterocycles. The van der Waals surface area contributed by atoms with Crippen molar-refractivity contribution in [2.75, 3.05) is 11.9 Å². The van der Waals surface area contributed by atoms with Crippen molar-refractivity contribution in [1.82, 2.24) is 4.98 Å². The maximum Gasteiger partial charge on any atom is 0.303 e. The van der Waals surface area contributed by atoms with E-state index in [9.17, 15) is 4.79 Å². The van der Waals surface area contributed by atoms with E-state index < -0.39 is 5.97 Å². The lowest BCUT2D eigenvalue weighted by Gasteiger charge is -2.41. The number of aryl methyl sites for hydroxylation is 1. The minimum atomic E-state index is -0.753. The van der Waals surface area contributed by atoms with E-state index in [0.29, 0.717) is 17.9 Å². The number of nitrogens with one attached hydrogen (secondary N) is 1. The van der Waals surface area contributed by atoms with Gasteiger partial charge < -0.3 is 10.4 Å². The van der Waals surface area contributed by atoms with Gasteiger partial charge in [0.05, 0.1) is 18.1 Å². The highest BCUT2D eigenvalue weighted by Gasteiger charge is 2.38. The summed E-state index contributed by atoms with van der Waals surface area (Å²) in [5.74, 6) is -0.107. The molecule has 0 unspecified atom stereocenters. The normalized spacial score (nSPS) is 16.2. The van der Waals surface area contributed by atoms with Gasteiger partial charge in [-0.05, 0) is 37.3 Å². The molecule has 5 nitrogen and oxygen atoms in total. The smallest absolute Gasteiger partial charge is 0.303 e. The molecule has 1 aromatic rings. The van der Waals surface area contributed by atoms with E-state index in [0.717, 1.165) is 25.0 Å². The van der Waals surface area contributed by atoms with E-state index in [2.05, 4.69) is 16.4 Å². The van der Waals surface area contributed by atoms with Gasteiger partial charge in [0.25, 0.3) is 0 Å². The van der Waals surface area contributed by atoms with Crippen molar-refractivity contribution in [3.05, 3.63) is 23.4 Å². The van der Waals surface area contributed by atoms with Gasteiger partial charge in [-0.1, -0.05) is 6.42 Å². The van der Waals surface area contributed by atoms with Gasteiger partial charge in [-0.25, -0.2) is 4.98 Å². The number of aromatic nitrogens is 1. The lowest BCUT2D eigenvalue weighted by molar-refractivity contribution is -0.141.